The molecule has 35 heavy (non-hydrogen) atoms. The summed E-state index contributed by atoms with van der Waals surface area (Å²) in [7, 11) is 1.58. The predicted molar refractivity (Wildman–Crippen MR) is 144 cm³/mol. The van der Waals surface area contributed by atoms with Gasteiger partial charge in [0.25, 0.3) is 0 Å². The molecule has 6 nitrogen and oxygen atoms in total. The minimum Gasteiger partial charge on any atom is -0.495 e. The van der Waals surface area contributed by atoms with Crippen LogP contribution in [0.4, 0.5) is 5.69 Å². The van der Waals surface area contributed by atoms with E-state index in [-0.39, 0.29) is 12.5 Å². The number of hydrogen-bond acceptors (Lipinski definition) is 4. The number of rotatable bonds is 6. The lowest BCUT2D eigenvalue weighted by Crippen LogP contribution is -2.21. The van der Waals surface area contributed by atoms with Gasteiger partial charge >= 0.3 is 0 Å². The Labute approximate surface area is 219 Å². The van der Waals surface area contributed by atoms with Crippen molar-refractivity contribution in [2.45, 2.75) is 27.3 Å². The first-order valence-corrected chi connectivity index (χ1v) is 12.0. The van der Waals surface area contributed by atoms with Crippen LogP contribution in [0.5, 0.6) is 5.75 Å². The van der Waals surface area contributed by atoms with Crippen LogP contribution in [-0.4, -0.2) is 27.4 Å². The number of amides is 1. The van der Waals surface area contributed by atoms with Gasteiger partial charge in [-0.2, -0.15) is 5.10 Å². The Hall–Kier alpha value is -3.13. The second-order valence-corrected chi connectivity index (χ2v) is 9.43. The minimum absolute atomic E-state index is 0.0774. The van der Waals surface area contributed by atoms with Gasteiger partial charge in [0.1, 0.15) is 12.3 Å². The quantitative estimate of drug-likeness (QED) is 0.276. The molecule has 0 aliphatic rings. The van der Waals surface area contributed by atoms with Crippen molar-refractivity contribution in [2.24, 2.45) is 0 Å². The van der Waals surface area contributed by atoms with Crippen LogP contribution in [0.2, 0.25) is 10.0 Å². The molecular weight excluding hydrogens is 503 g/mol. The first-order chi connectivity index (χ1) is 16.7. The highest BCUT2D eigenvalue weighted by molar-refractivity contribution is 7.71. The maximum atomic E-state index is 13.1. The molecule has 0 aliphatic heterocycles. The van der Waals surface area contributed by atoms with Gasteiger partial charge in [0.2, 0.25) is 10.7 Å². The van der Waals surface area contributed by atoms with Crippen molar-refractivity contribution in [2.75, 3.05) is 12.4 Å². The van der Waals surface area contributed by atoms with Gasteiger partial charge in [-0.15, -0.1) is 0 Å². The third-order valence-electron chi connectivity index (χ3n) is 5.57. The summed E-state index contributed by atoms with van der Waals surface area (Å²) in [6, 6.07) is 16.7. The number of hydrogen-bond donors (Lipinski definition) is 1. The summed E-state index contributed by atoms with van der Waals surface area (Å²) in [5.41, 5.74) is 5.22. The lowest BCUT2D eigenvalue weighted by molar-refractivity contribution is -0.116. The number of nitrogens with zero attached hydrogens (tertiary/aromatic N) is 3. The maximum absolute atomic E-state index is 13.1. The number of aromatic nitrogens is 3. The van der Waals surface area contributed by atoms with Crippen LogP contribution in [-0.2, 0) is 11.3 Å². The number of aryl methyl sites for hydroxylation is 3. The van der Waals surface area contributed by atoms with E-state index in [9.17, 15) is 4.79 Å². The fourth-order valence-electron chi connectivity index (χ4n) is 4.08. The Morgan fingerprint density at radius 2 is 1.74 bits per heavy atom. The molecule has 4 rings (SSSR count). The van der Waals surface area contributed by atoms with E-state index in [0.717, 1.165) is 22.4 Å². The summed E-state index contributed by atoms with van der Waals surface area (Å²) in [5.74, 6) is 0.830. The van der Waals surface area contributed by atoms with Gasteiger partial charge in [-0.1, -0.05) is 53.0 Å². The highest BCUT2D eigenvalue weighted by Crippen LogP contribution is 2.33. The number of para-hydroxylation sites is 2. The van der Waals surface area contributed by atoms with Crippen molar-refractivity contribution in [3.63, 3.8) is 0 Å². The standard InChI is InChI=1S/C26H24Cl2N4O2S/c1-15-11-16(2)24(17(3)12-15)29-23(33)14-31-26(35)32(21-7-5-6-8-22(21)34-4)25(30-31)19-10-9-18(27)13-20(19)28/h5-13H,14H2,1-4H3,(H,29,33). The van der Waals surface area contributed by atoms with Crippen molar-refractivity contribution in [1.82, 2.24) is 14.3 Å². The fourth-order valence-corrected chi connectivity index (χ4v) is 4.86. The number of carbonyl (C=O) groups excluding carboxylic acids is 1. The molecule has 0 fully saturated rings. The number of ether oxygens (including phenoxy) is 1. The van der Waals surface area contributed by atoms with Gasteiger partial charge in [-0.05, 0) is 74.4 Å². The van der Waals surface area contributed by atoms with E-state index >= 15 is 0 Å². The molecule has 3 aromatic carbocycles. The molecule has 1 heterocycles. The van der Waals surface area contributed by atoms with Crippen LogP contribution in [0, 0.1) is 25.5 Å². The fraction of sp³-hybridized carbons (Fsp3) is 0.192. The van der Waals surface area contributed by atoms with Crippen molar-refractivity contribution >= 4 is 47.0 Å². The Morgan fingerprint density at radius 1 is 1.06 bits per heavy atom. The zero-order valence-corrected chi connectivity index (χ0v) is 22.1. The summed E-state index contributed by atoms with van der Waals surface area (Å²) in [6.45, 7) is 5.89. The van der Waals surface area contributed by atoms with Gasteiger partial charge in [-0.3, -0.25) is 9.36 Å². The molecule has 0 bridgehead atoms. The van der Waals surface area contributed by atoms with Crippen molar-refractivity contribution in [1.29, 1.82) is 0 Å². The van der Waals surface area contributed by atoms with Crippen LogP contribution in [0.3, 0.4) is 0 Å². The first-order valence-electron chi connectivity index (χ1n) is 10.9. The highest BCUT2D eigenvalue weighted by Gasteiger charge is 2.21. The number of methoxy groups -OCH3 is 1. The number of halogens is 2. The van der Waals surface area contributed by atoms with Crippen LogP contribution < -0.4 is 10.1 Å². The SMILES string of the molecule is COc1ccccc1-n1c(-c2ccc(Cl)cc2Cl)nn(CC(=O)Nc2c(C)cc(C)cc2C)c1=S. The Balaban J connectivity index is 1.80. The Kier molecular flexibility index (Phi) is 7.31. The van der Waals surface area contributed by atoms with Gasteiger partial charge < -0.3 is 10.1 Å². The van der Waals surface area contributed by atoms with E-state index in [4.69, 9.17) is 45.3 Å². The van der Waals surface area contributed by atoms with Crippen molar-refractivity contribution < 1.29 is 9.53 Å². The third-order valence-corrected chi connectivity index (χ3v) is 6.51. The van der Waals surface area contributed by atoms with Crippen LogP contribution in [0.25, 0.3) is 17.1 Å². The monoisotopic (exact) mass is 526 g/mol. The Bertz CT molecular complexity index is 1470. The van der Waals surface area contributed by atoms with E-state index in [2.05, 4.69) is 5.32 Å². The smallest absolute Gasteiger partial charge is 0.246 e. The molecule has 4 aromatic rings. The molecule has 0 aliphatic carbocycles. The number of carbonyl (C=O) groups is 1. The third kappa shape index (κ3) is 5.12. The molecule has 1 aromatic heterocycles. The van der Waals surface area contributed by atoms with Gasteiger partial charge in [0.05, 0.1) is 17.8 Å². The number of nitrogens with one attached hydrogen (secondary N) is 1. The van der Waals surface area contributed by atoms with Gasteiger partial charge in [0.15, 0.2) is 5.82 Å². The molecule has 0 saturated heterocycles. The average molecular weight is 527 g/mol. The lowest BCUT2D eigenvalue weighted by atomic mass is 10.1. The Morgan fingerprint density at radius 3 is 2.40 bits per heavy atom. The maximum Gasteiger partial charge on any atom is 0.246 e. The predicted octanol–water partition coefficient (Wildman–Crippen LogP) is 6.95. The normalized spacial score (nSPS) is 10.9. The molecule has 0 saturated carbocycles. The van der Waals surface area contributed by atoms with Crippen LogP contribution in [0.15, 0.2) is 54.6 Å². The summed E-state index contributed by atoms with van der Waals surface area (Å²) in [6.07, 6.45) is 0. The van der Waals surface area contributed by atoms with E-state index in [1.807, 2.05) is 57.2 Å². The lowest BCUT2D eigenvalue weighted by Gasteiger charge is -2.13. The van der Waals surface area contributed by atoms with E-state index < -0.39 is 0 Å². The topological polar surface area (TPSA) is 61.1 Å². The zero-order valence-electron chi connectivity index (χ0n) is 19.7. The largest absolute Gasteiger partial charge is 0.495 e. The molecule has 9 heteroatoms. The number of anilines is 1. The van der Waals surface area contributed by atoms with E-state index in [1.54, 1.807) is 29.9 Å². The average Bonchev–Trinajstić information content (AvgIpc) is 3.11. The second-order valence-electron chi connectivity index (χ2n) is 8.22. The second kappa shape index (κ2) is 10.2. The minimum atomic E-state index is -0.241. The molecule has 180 valence electrons. The van der Waals surface area contributed by atoms with E-state index in [0.29, 0.717) is 37.6 Å². The van der Waals surface area contributed by atoms with Gasteiger partial charge in [-0.25, -0.2) is 4.68 Å². The molecule has 0 unspecified atom stereocenters. The van der Waals surface area contributed by atoms with Gasteiger partial charge in [0, 0.05) is 16.3 Å². The molecule has 1 amide bonds. The van der Waals surface area contributed by atoms with Crippen LogP contribution >= 0.6 is 35.4 Å². The summed E-state index contributed by atoms with van der Waals surface area (Å²) >= 11 is 18.4. The molecule has 1 N–H and O–H groups in total. The van der Waals surface area contributed by atoms with E-state index in [1.165, 1.54) is 4.68 Å². The summed E-state index contributed by atoms with van der Waals surface area (Å²) in [4.78, 5) is 13.1. The molecule has 0 atom stereocenters. The molecular formula is C26H24Cl2N4O2S. The highest BCUT2D eigenvalue weighted by atomic mass is 35.5. The molecule has 0 radical (unpaired) electrons. The number of benzene rings is 3. The van der Waals surface area contributed by atoms with Crippen molar-refractivity contribution in [3.8, 4) is 22.8 Å². The summed E-state index contributed by atoms with van der Waals surface area (Å²) < 4.78 is 9.12. The summed E-state index contributed by atoms with van der Waals surface area (Å²) in [5, 5.41) is 8.62. The first kappa shape index (κ1) is 25.0. The van der Waals surface area contributed by atoms with Crippen molar-refractivity contribution in [3.05, 3.63) is 86.1 Å². The zero-order chi connectivity index (χ0) is 25.3. The van der Waals surface area contributed by atoms with Crippen LogP contribution in [0.1, 0.15) is 16.7 Å². The molecule has 0 spiro atoms.